The van der Waals surface area contributed by atoms with Crippen LogP contribution in [0, 0.1) is 23.7 Å². The average molecular weight is 242 g/mol. The molecule has 2 heterocycles. The lowest BCUT2D eigenvalue weighted by molar-refractivity contribution is -0.0566. The van der Waals surface area contributed by atoms with E-state index in [2.05, 4.69) is 4.98 Å². The molecule has 1 aliphatic heterocycles. The molecule has 0 saturated carbocycles. The monoisotopic (exact) mass is 242 g/mol. The van der Waals surface area contributed by atoms with Crippen molar-refractivity contribution >= 4 is 16.9 Å². The van der Waals surface area contributed by atoms with Gasteiger partial charge >= 0.3 is 0 Å². The van der Waals surface area contributed by atoms with Gasteiger partial charge in [-0.2, -0.15) is 5.26 Å². The molecule has 0 unspecified atom stereocenters. The number of aromatic nitrogens is 1. The van der Waals surface area contributed by atoms with Crippen molar-refractivity contribution in [1.29, 1.82) is 5.26 Å². The van der Waals surface area contributed by atoms with Crippen LogP contribution in [-0.2, 0) is 4.74 Å². The highest BCUT2D eigenvalue weighted by molar-refractivity contribution is 6.04. The van der Waals surface area contributed by atoms with Gasteiger partial charge in [-0.15, -0.1) is 0 Å². The van der Waals surface area contributed by atoms with Crippen molar-refractivity contribution in [3.05, 3.63) is 29.7 Å². The van der Waals surface area contributed by atoms with Crippen LogP contribution in [-0.4, -0.2) is 24.0 Å². The van der Waals surface area contributed by atoms with Crippen LogP contribution >= 0.6 is 0 Å². The van der Waals surface area contributed by atoms with Gasteiger partial charge in [-0.1, -0.05) is 0 Å². The molecule has 5 heteroatoms. The van der Waals surface area contributed by atoms with Gasteiger partial charge in [0, 0.05) is 12.5 Å². The number of Topliss-reactive ketones (excluding diaryl/α,β-unsaturated/α-hetero) is 1. The lowest BCUT2D eigenvalue weighted by Crippen LogP contribution is -2.47. The molecule has 1 aliphatic rings. The summed E-state index contributed by atoms with van der Waals surface area (Å²) in [6.07, 6.45) is 0. The highest BCUT2D eigenvalue weighted by Gasteiger charge is 2.46. The number of aryl methyl sites for hydroxylation is 1. The third kappa shape index (κ3) is 1.43. The fourth-order valence-corrected chi connectivity index (χ4v) is 2.01. The van der Waals surface area contributed by atoms with Crippen LogP contribution in [0.4, 0.5) is 0 Å². The molecule has 0 amide bonds. The Balaban J connectivity index is 2.04. The average Bonchev–Trinajstić information content (AvgIpc) is 2.67. The van der Waals surface area contributed by atoms with Crippen LogP contribution in [0.25, 0.3) is 11.1 Å². The van der Waals surface area contributed by atoms with E-state index in [1.807, 2.05) is 6.07 Å². The normalized spacial score (nSPS) is 17.1. The second-order valence-corrected chi connectivity index (χ2v) is 4.43. The van der Waals surface area contributed by atoms with Crippen molar-refractivity contribution in [3.8, 4) is 6.07 Å². The number of ether oxygens (including phenoxy) is 1. The van der Waals surface area contributed by atoms with E-state index in [4.69, 9.17) is 14.4 Å². The Kier molecular flexibility index (Phi) is 2.22. The molecule has 0 bridgehead atoms. The summed E-state index contributed by atoms with van der Waals surface area (Å²) in [5, 5.41) is 9.10. The molecule has 0 atom stereocenters. The van der Waals surface area contributed by atoms with E-state index in [1.54, 1.807) is 25.1 Å². The second kappa shape index (κ2) is 3.65. The van der Waals surface area contributed by atoms with Gasteiger partial charge in [0.05, 0.1) is 19.3 Å². The van der Waals surface area contributed by atoms with Crippen LogP contribution in [0.1, 0.15) is 16.2 Å². The molecule has 1 aromatic heterocycles. The van der Waals surface area contributed by atoms with Crippen LogP contribution in [0.3, 0.4) is 0 Å². The van der Waals surface area contributed by atoms with E-state index < -0.39 is 5.41 Å². The molecule has 0 N–H and O–H groups in total. The number of nitrogens with zero attached hydrogens (tertiary/aromatic N) is 2. The molecule has 0 spiro atoms. The lowest BCUT2D eigenvalue weighted by atomic mass is 9.80. The Morgan fingerprint density at radius 1 is 1.50 bits per heavy atom. The molecule has 3 rings (SSSR count). The van der Waals surface area contributed by atoms with Gasteiger partial charge in [0.25, 0.3) is 0 Å². The zero-order valence-corrected chi connectivity index (χ0v) is 9.77. The Morgan fingerprint density at radius 2 is 2.28 bits per heavy atom. The van der Waals surface area contributed by atoms with E-state index in [1.165, 1.54) is 0 Å². The quantitative estimate of drug-likeness (QED) is 0.751. The van der Waals surface area contributed by atoms with Gasteiger partial charge in [-0.25, -0.2) is 4.98 Å². The van der Waals surface area contributed by atoms with Crippen molar-refractivity contribution in [1.82, 2.24) is 4.98 Å². The van der Waals surface area contributed by atoms with E-state index in [9.17, 15) is 4.79 Å². The first-order chi connectivity index (χ1) is 8.64. The molecule has 2 aromatic rings. The Morgan fingerprint density at radius 3 is 2.89 bits per heavy atom. The van der Waals surface area contributed by atoms with E-state index in [-0.39, 0.29) is 19.0 Å². The topological polar surface area (TPSA) is 76.1 Å². The predicted octanol–water partition coefficient (Wildman–Crippen LogP) is 1.86. The first-order valence-corrected chi connectivity index (χ1v) is 5.56. The molecule has 5 nitrogen and oxygen atoms in total. The number of carbonyl (C=O) groups excluding carboxylic acids is 1. The summed E-state index contributed by atoms with van der Waals surface area (Å²) in [4.78, 5) is 16.4. The zero-order chi connectivity index (χ0) is 12.8. The van der Waals surface area contributed by atoms with E-state index in [0.717, 1.165) is 0 Å². The molecule has 1 saturated heterocycles. The van der Waals surface area contributed by atoms with Gasteiger partial charge in [0.1, 0.15) is 5.52 Å². The second-order valence-electron chi connectivity index (χ2n) is 4.43. The number of hydrogen-bond acceptors (Lipinski definition) is 5. The van der Waals surface area contributed by atoms with E-state index >= 15 is 0 Å². The molecular weight excluding hydrogens is 232 g/mol. The maximum absolute atomic E-state index is 12.3. The first kappa shape index (κ1) is 10.9. The molecule has 0 radical (unpaired) electrons. The number of oxazole rings is 1. The SMILES string of the molecule is Cc1nc2cc(C(=O)C3(C#N)COC3)ccc2o1. The smallest absolute Gasteiger partial charge is 0.192 e. The van der Waals surface area contributed by atoms with Crippen molar-refractivity contribution in [2.45, 2.75) is 6.92 Å². The minimum Gasteiger partial charge on any atom is -0.441 e. The highest BCUT2D eigenvalue weighted by Crippen LogP contribution is 2.31. The number of fused-ring (bicyclic) bond motifs is 1. The number of carbonyl (C=O) groups is 1. The molecule has 1 fully saturated rings. The van der Waals surface area contributed by atoms with Gasteiger partial charge in [-0.3, -0.25) is 4.79 Å². The number of rotatable bonds is 2. The zero-order valence-electron chi connectivity index (χ0n) is 9.77. The lowest BCUT2D eigenvalue weighted by Gasteiger charge is -2.33. The van der Waals surface area contributed by atoms with Gasteiger partial charge in [0.15, 0.2) is 22.7 Å². The summed E-state index contributed by atoms with van der Waals surface area (Å²) in [6, 6.07) is 7.07. The molecule has 90 valence electrons. The van der Waals surface area contributed by atoms with Crippen LogP contribution in [0.2, 0.25) is 0 Å². The Bertz CT molecular complexity index is 677. The number of ketones is 1. The highest BCUT2D eigenvalue weighted by atomic mass is 16.5. The van der Waals surface area contributed by atoms with Crippen LogP contribution in [0.5, 0.6) is 0 Å². The van der Waals surface area contributed by atoms with Crippen molar-refractivity contribution in [3.63, 3.8) is 0 Å². The third-order valence-electron chi connectivity index (χ3n) is 3.10. The summed E-state index contributed by atoms with van der Waals surface area (Å²) in [5.41, 5.74) is 0.721. The van der Waals surface area contributed by atoms with Crippen LogP contribution in [0.15, 0.2) is 22.6 Å². The molecule has 0 aliphatic carbocycles. The third-order valence-corrected chi connectivity index (χ3v) is 3.10. The minimum atomic E-state index is -1.02. The minimum absolute atomic E-state index is 0.165. The van der Waals surface area contributed by atoms with Gasteiger partial charge in [0.2, 0.25) is 0 Å². The van der Waals surface area contributed by atoms with Crippen molar-refractivity contribution in [2.75, 3.05) is 13.2 Å². The van der Waals surface area contributed by atoms with Gasteiger partial charge in [-0.05, 0) is 18.2 Å². The summed E-state index contributed by atoms with van der Waals surface area (Å²) in [6.45, 7) is 2.08. The summed E-state index contributed by atoms with van der Waals surface area (Å²) < 4.78 is 10.3. The maximum Gasteiger partial charge on any atom is 0.192 e. The summed E-state index contributed by atoms with van der Waals surface area (Å²) in [7, 11) is 0. The molecule has 18 heavy (non-hydrogen) atoms. The predicted molar refractivity (Wildman–Crippen MR) is 61.9 cm³/mol. The summed E-state index contributed by atoms with van der Waals surface area (Å²) >= 11 is 0. The number of benzene rings is 1. The van der Waals surface area contributed by atoms with E-state index in [0.29, 0.717) is 22.6 Å². The Hall–Kier alpha value is -2.19. The van der Waals surface area contributed by atoms with Crippen LogP contribution < -0.4 is 0 Å². The van der Waals surface area contributed by atoms with Gasteiger partial charge < -0.3 is 9.15 Å². The summed E-state index contributed by atoms with van der Waals surface area (Å²) in [5.74, 6) is 0.343. The Labute approximate surface area is 103 Å². The fraction of sp³-hybridized carbons (Fsp3) is 0.308. The largest absolute Gasteiger partial charge is 0.441 e. The first-order valence-electron chi connectivity index (χ1n) is 5.56. The number of nitriles is 1. The molecular formula is C13H10N2O3. The van der Waals surface area contributed by atoms with Crippen molar-refractivity contribution < 1.29 is 13.9 Å². The molecule has 1 aromatic carbocycles. The maximum atomic E-state index is 12.3. The van der Waals surface area contributed by atoms with Crippen molar-refractivity contribution in [2.24, 2.45) is 5.41 Å². The number of hydrogen-bond donors (Lipinski definition) is 0. The fourth-order valence-electron chi connectivity index (χ4n) is 2.01. The standard InChI is InChI=1S/C13H10N2O3/c1-8-15-10-4-9(2-3-11(10)18-8)12(16)13(5-14)6-17-7-13/h2-4H,6-7H2,1H3.